The summed E-state index contributed by atoms with van der Waals surface area (Å²) in [6.07, 6.45) is -0.392. The van der Waals surface area contributed by atoms with Gasteiger partial charge in [-0.05, 0) is 24.6 Å². The van der Waals surface area contributed by atoms with Crippen LogP contribution >= 0.6 is 0 Å². The average molecular weight is 285 g/mol. The van der Waals surface area contributed by atoms with Crippen LogP contribution in [0.25, 0.3) is 10.9 Å². The summed E-state index contributed by atoms with van der Waals surface area (Å²) in [4.78, 5) is 16.6. The topological polar surface area (TPSA) is 74.2 Å². The molecule has 0 bridgehead atoms. The number of amides is 1. The van der Waals surface area contributed by atoms with Crippen LogP contribution in [0.15, 0.2) is 30.3 Å². The second-order valence-electron chi connectivity index (χ2n) is 5.54. The molecule has 1 amide bonds. The van der Waals surface area contributed by atoms with E-state index in [0.717, 1.165) is 23.0 Å². The summed E-state index contributed by atoms with van der Waals surface area (Å²) in [6.45, 7) is 3.76. The molecule has 1 aromatic heterocycles. The number of carbonyl (C=O) groups excluding carboxylic acids is 1. The molecular formula is C16H19N3O2. The number of nitrogens with zero attached hydrogens (tertiary/aromatic N) is 1. The number of fused-ring (bicyclic) bond motifs is 1. The number of aryl methyl sites for hydroxylation is 1. The van der Waals surface area contributed by atoms with Crippen LogP contribution in [-0.2, 0) is 0 Å². The third-order valence-corrected chi connectivity index (χ3v) is 3.98. The van der Waals surface area contributed by atoms with Gasteiger partial charge in [-0.25, -0.2) is 4.98 Å². The number of β-amino-alcohol motifs (C(OH)–C–C–N with tert-alkyl or cyclic N) is 1. The summed E-state index contributed by atoms with van der Waals surface area (Å²) in [5.74, 6) is -0.126. The lowest BCUT2D eigenvalue weighted by Crippen LogP contribution is -2.34. The first-order valence-corrected chi connectivity index (χ1v) is 7.18. The number of pyridine rings is 1. The van der Waals surface area contributed by atoms with Crippen molar-refractivity contribution in [3.05, 3.63) is 41.6 Å². The number of para-hydroxylation sites is 1. The maximum Gasteiger partial charge on any atom is 0.269 e. The van der Waals surface area contributed by atoms with E-state index in [-0.39, 0.29) is 11.8 Å². The number of hydrogen-bond donors (Lipinski definition) is 3. The van der Waals surface area contributed by atoms with E-state index < -0.39 is 6.10 Å². The number of carbonyl (C=O) groups is 1. The zero-order chi connectivity index (χ0) is 14.8. The van der Waals surface area contributed by atoms with Gasteiger partial charge in [-0.3, -0.25) is 4.79 Å². The molecule has 2 heterocycles. The van der Waals surface area contributed by atoms with Gasteiger partial charge in [0.15, 0.2) is 0 Å². The largest absolute Gasteiger partial charge is 0.391 e. The Bertz CT molecular complexity index is 672. The molecule has 1 saturated heterocycles. The fourth-order valence-electron chi connectivity index (χ4n) is 2.71. The maximum atomic E-state index is 12.2. The van der Waals surface area contributed by atoms with Crippen LogP contribution in [0.4, 0.5) is 0 Å². The fraction of sp³-hybridized carbons (Fsp3) is 0.375. The van der Waals surface area contributed by atoms with Crippen molar-refractivity contribution in [2.75, 3.05) is 19.6 Å². The summed E-state index contributed by atoms with van der Waals surface area (Å²) in [6, 6.07) is 9.59. The Morgan fingerprint density at radius 3 is 3.00 bits per heavy atom. The molecular weight excluding hydrogens is 266 g/mol. The number of aliphatic hydroxyl groups is 1. The lowest BCUT2D eigenvalue weighted by Gasteiger charge is -2.14. The van der Waals surface area contributed by atoms with Crippen molar-refractivity contribution in [3.8, 4) is 0 Å². The van der Waals surface area contributed by atoms with E-state index in [1.165, 1.54) is 0 Å². The molecule has 0 radical (unpaired) electrons. The Hall–Kier alpha value is -1.98. The highest BCUT2D eigenvalue weighted by atomic mass is 16.3. The SMILES string of the molecule is Cc1cc(C(=O)NCC2CNCC2O)nc2ccccc12. The zero-order valence-corrected chi connectivity index (χ0v) is 12.0. The molecule has 0 saturated carbocycles. The van der Waals surface area contributed by atoms with Gasteiger partial charge >= 0.3 is 0 Å². The number of nitrogens with one attached hydrogen (secondary N) is 2. The van der Waals surface area contributed by atoms with Gasteiger partial charge in [0.1, 0.15) is 5.69 Å². The normalized spacial score (nSPS) is 21.6. The minimum absolute atomic E-state index is 0.0653. The third kappa shape index (κ3) is 2.89. The average Bonchev–Trinajstić information content (AvgIpc) is 2.90. The highest BCUT2D eigenvalue weighted by Crippen LogP contribution is 2.17. The molecule has 5 heteroatoms. The molecule has 2 unspecified atom stereocenters. The van der Waals surface area contributed by atoms with E-state index in [1.54, 1.807) is 6.07 Å². The van der Waals surface area contributed by atoms with Gasteiger partial charge in [-0.15, -0.1) is 0 Å². The highest BCUT2D eigenvalue weighted by molar-refractivity contribution is 5.95. The number of aliphatic hydroxyl groups excluding tert-OH is 1. The monoisotopic (exact) mass is 285 g/mol. The van der Waals surface area contributed by atoms with Crippen molar-refractivity contribution < 1.29 is 9.90 Å². The second kappa shape index (κ2) is 5.79. The predicted octanol–water partition coefficient (Wildman–Crippen LogP) is 0.853. The van der Waals surface area contributed by atoms with E-state index in [0.29, 0.717) is 18.8 Å². The second-order valence-corrected chi connectivity index (χ2v) is 5.54. The van der Waals surface area contributed by atoms with Crippen molar-refractivity contribution in [2.45, 2.75) is 13.0 Å². The van der Waals surface area contributed by atoms with Gasteiger partial charge in [0.25, 0.3) is 5.91 Å². The van der Waals surface area contributed by atoms with Crippen LogP contribution < -0.4 is 10.6 Å². The standard InChI is InChI=1S/C16H19N3O2/c1-10-6-14(19-13-5-3-2-4-12(10)13)16(21)18-8-11-7-17-9-15(11)20/h2-6,11,15,17,20H,7-9H2,1H3,(H,18,21). The van der Waals surface area contributed by atoms with Gasteiger partial charge in [-0.1, -0.05) is 18.2 Å². The van der Waals surface area contributed by atoms with Gasteiger partial charge in [-0.2, -0.15) is 0 Å². The predicted molar refractivity (Wildman–Crippen MR) is 81.2 cm³/mol. The first-order valence-electron chi connectivity index (χ1n) is 7.18. The molecule has 5 nitrogen and oxygen atoms in total. The molecule has 1 aromatic carbocycles. The van der Waals surface area contributed by atoms with Crippen molar-refractivity contribution in [1.82, 2.24) is 15.6 Å². The van der Waals surface area contributed by atoms with E-state index in [9.17, 15) is 9.90 Å². The molecule has 21 heavy (non-hydrogen) atoms. The lowest BCUT2D eigenvalue weighted by atomic mass is 10.1. The molecule has 1 fully saturated rings. The Morgan fingerprint density at radius 2 is 2.24 bits per heavy atom. The first-order chi connectivity index (χ1) is 10.1. The summed E-state index contributed by atoms with van der Waals surface area (Å²) < 4.78 is 0. The molecule has 3 rings (SSSR count). The highest BCUT2D eigenvalue weighted by Gasteiger charge is 2.25. The third-order valence-electron chi connectivity index (χ3n) is 3.98. The Morgan fingerprint density at radius 1 is 1.43 bits per heavy atom. The molecule has 0 spiro atoms. The van der Waals surface area contributed by atoms with E-state index in [1.807, 2.05) is 31.2 Å². The van der Waals surface area contributed by atoms with Crippen LogP contribution in [0, 0.1) is 12.8 Å². The summed E-state index contributed by atoms with van der Waals surface area (Å²) in [7, 11) is 0. The Labute approximate surface area is 123 Å². The summed E-state index contributed by atoms with van der Waals surface area (Å²) in [5, 5.41) is 16.8. The molecule has 110 valence electrons. The minimum atomic E-state index is -0.392. The van der Waals surface area contributed by atoms with Gasteiger partial charge < -0.3 is 15.7 Å². The number of aromatic nitrogens is 1. The quantitative estimate of drug-likeness (QED) is 0.782. The molecule has 1 aliphatic heterocycles. The van der Waals surface area contributed by atoms with E-state index >= 15 is 0 Å². The molecule has 1 aliphatic rings. The number of rotatable bonds is 3. The molecule has 2 aromatic rings. The Kier molecular flexibility index (Phi) is 3.86. The van der Waals surface area contributed by atoms with Crippen LogP contribution in [0.5, 0.6) is 0 Å². The van der Waals surface area contributed by atoms with Gasteiger partial charge in [0.05, 0.1) is 11.6 Å². The van der Waals surface area contributed by atoms with Crippen LogP contribution in [0.1, 0.15) is 16.1 Å². The molecule has 3 N–H and O–H groups in total. The van der Waals surface area contributed by atoms with E-state index in [4.69, 9.17) is 0 Å². The molecule has 2 atom stereocenters. The summed E-state index contributed by atoms with van der Waals surface area (Å²) >= 11 is 0. The van der Waals surface area contributed by atoms with Crippen LogP contribution in [0.3, 0.4) is 0 Å². The smallest absolute Gasteiger partial charge is 0.269 e. The number of benzene rings is 1. The fourth-order valence-corrected chi connectivity index (χ4v) is 2.71. The van der Waals surface area contributed by atoms with Gasteiger partial charge in [0, 0.05) is 30.9 Å². The zero-order valence-electron chi connectivity index (χ0n) is 12.0. The Balaban J connectivity index is 1.75. The minimum Gasteiger partial charge on any atom is -0.391 e. The lowest BCUT2D eigenvalue weighted by molar-refractivity contribution is 0.0922. The van der Waals surface area contributed by atoms with Crippen LogP contribution in [-0.4, -0.2) is 41.7 Å². The van der Waals surface area contributed by atoms with E-state index in [2.05, 4.69) is 15.6 Å². The summed E-state index contributed by atoms with van der Waals surface area (Å²) in [5.41, 5.74) is 2.28. The molecule has 0 aliphatic carbocycles. The maximum absolute atomic E-state index is 12.2. The van der Waals surface area contributed by atoms with Gasteiger partial charge in [0.2, 0.25) is 0 Å². The first kappa shape index (κ1) is 14.0. The van der Waals surface area contributed by atoms with Crippen molar-refractivity contribution in [2.24, 2.45) is 5.92 Å². The number of hydrogen-bond acceptors (Lipinski definition) is 4. The van der Waals surface area contributed by atoms with Crippen molar-refractivity contribution in [3.63, 3.8) is 0 Å². The van der Waals surface area contributed by atoms with Crippen molar-refractivity contribution in [1.29, 1.82) is 0 Å². The van der Waals surface area contributed by atoms with Crippen molar-refractivity contribution >= 4 is 16.8 Å². The van der Waals surface area contributed by atoms with Crippen LogP contribution in [0.2, 0.25) is 0 Å².